The van der Waals surface area contributed by atoms with E-state index in [1.165, 1.54) is 4.57 Å². The molecule has 0 saturated carbocycles. The molecule has 23 heavy (non-hydrogen) atoms. The lowest BCUT2D eigenvalue weighted by Crippen LogP contribution is -2.33. The number of anilines is 1. The summed E-state index contributed by atoms with van der Waals surface area (Å²) in [4.78, 5) is 25.4. The van der Waals surface area contributed by atoms with Crippen LogP contribution in [-0.4, -0.2) is 22.2 Å². The third kappa shape index (κ3) is 3.17. The number of aliphatic carboxylic acids is 1. The van der Waals surface area contributed by atoms with Crippen LogP contribution in [0.1, 0.15) is 23.5 Å². The Balaban J connectivity index is 1.95. The summed E-state index contributed by atoms with van der Waals surface area (Å²) < 4.78 is 2.41. The molecule has 1 aliphatic heterocycles. The zero-order valence-electron chi connectivity index (χ0n) is 12.7. The number of benzene rings is 1. The first-order chi connectivity index (χ1) is 11.0. The van der Waals surface area contributed by atoms with Gasteiger partial charge in [-0.15, -0.1) is 0 Å². The monoisotopic (exact) mass is 376 g/mol. The molecular formula is C17H17BrN2O3. The number of rotatable bonds is 3. The molecule has 1 N–H and O–H groups in total. The lowest BCUT2D eigenvalue weighted by atomic mass is 9.90. The number of carboxylic acid groups (broad SMARTS) is 1. The van der Waals surface area contributed by atoms with E-state index in [2.05, 4.69) is 20.8 Å². The van der Waals surface area contributed by atoms with Crippen LogP contribution >= 0.6 is 15.9 Å². The Morgan fingerprint density at radius 2 is 2.13 bits per heavy atom. The second kappa shape index (κ2) is 6.20. The first-order valence-electron chi connectivity index (χ1n) is 7.38. The minimum atomic E-state index is -0.794. The lowest BCUT2D eigenvalue weighted by Gasteiger charge is -2.34. The van der Waals surface area contributed by atoms with Gasteiger partial charge in [-0.25, -0.2) is 0 Å². The van der Waals surface area contributed by atoms with Gasteiger partial charge in [-0.3, -0.25) is 9.59 Å². The maximum absolute atomic E-state index is 11.8. The molecule has 3 rings (SSSR count). The summed E-state index contributed by atoms with van der Waals surface area (Å²) in [7, 11) is 1.72. The quantitative estimate of drug-likeness (QED) is 0.894. The van der Waals surface area contributed by atoms with Crippen LogP contribution in [0.3, 0.4) is 0 Å². The highest BCUT2D eigenvalue weighted by Gasteiger charge is 2.30. The number of nitrogens with zero attached hydrogens (tertiary/aromatic N) is 2. The smallest absolute Gasteiger partial charge is 0.311 e. The summed E-state index contributed by atoms with van der Waals surface area (Å²) >= 11 is 3.42. The molecule has 0 bridgehead atoms. The number of carbonyl (C=O) groups is 1. The van der Waals surface area contributed by atoms with Gasteiger partial charge in [0.05, 0.1) is 5.92 Å². The van der Waals surface area contributed by atoms with Crippen LogP contribution in [0, 0.1) is 0 Å². The number of pyridine rings is 1. The average molecular weight is 377 g/mol. The topological polar surface area (TPSA) is 62.5 Å². The SMILES string of the molecule is Cn1ccc(CN2CCC(C(=O)O)c3cc(Br)ccc32)cc1=O. The van der Waals surface area contributed by atoms with Crippen molar-refractivity contribution in [3.63, 3.8) is 0 Å². The molecule has 6 heteroatoms. The summed E-state index contributed by atoms with van der Waals surface area (Å²) in [6, 6.07) is 9.28. The Hall–Kier alpha value is -2.08. The van der Waals surface area contributed by atoms with Crippen LogP contribution in [-0.2, 0) is 18.4 Å². The van der Waals surface area contributed by atoms with Gasteiger partial charge in [0.1, 0.15) is 0 Å². The van der Waals surface area contributed by atoms with Gasteiger partial charge < -0.3 is 14.6 Å². The molecule has 2 aromatic rings. The largest absolute Gasteiger partial charge is 0.481 e. The van der Waals surface area contributed by atoms with Crippen molar-refractivity contribution >= 4 is 27.6 Å². The number of carboxylic acids is 1. The van der Waals surface area contributed by atoms with E-state index < -0.39 is 11.9 Å². The molecule has 0 fully saturated rings. The zero-order valence-corrected chi connectivity index (χ0v) is 14.3. The van der Waals surface area contributed by atoms with Crippen LogP contribution in [0.15, 0.2) is 45.8 Å². The van der Waals surface area contributed by atoms with E-state index in [1.54, 1.807) is 19.3 Å². The molecule has 1 unspecified atom stereocenters. The number of aryl methyl sites for hydroxylation is 1. The molecule has 1 aromatic heterocycles. The summed E-state index contributed by atoms with van der Waals surface area (Å²) in [5.74, 6) is -1.28. The van der Waals surface area contributed by atoms with Crippen molar-refractivity contribution in [3.05, 3.63) is 62.5 Å². The fraction of sp³-hybridized carbons (Fsp3) is 0.294. The minimum absolute atomic E-state index is 0.0426. The number of aromatic nitrogens is 1. The molecule has 120 valence electrons. The maximum atomic E-state index is 11.8. The van der Waals surface area contributed by atoms with Gasteiger partial charge >= 0.3 is 5.97 Å². The highest BCUT2D eigenvalue weighted by atomic mass is 79.9. The van der Waals surface area contributed by atoms with Gasteiger partial charge in [0, 0.05) is 42.6 Å². The third-order valence-corrected chi connectivity index (χ3v) is 4.73. The molecule has 1 atom stereocenters. The lowest BCUT2D eigenvalue weighted by molar-refractivity contribution is -0.139. The second-order valence-electron chi connectivity index (χ2n) is 5.79. The number of halogens is 1. The van der Waals surface area contributed by atoms with E-state index in [0.29, 0.717) is 19.5 Å². The van der Waals surface area contributed by atoms with Gasteiger partial charge in [0.25, 0.3) is 5.56 Å². The Kier molecular flexibility index (Phi) is 4.26. The highest BCUT2D eigenvalue weighted by molar-refractivity contribution is 9.10. The third-order valence-electron chi connectivity index (χ3n) is 4.23. The standard InChI is InChI=1S/C17H17BrN2O3/c1-19-6-4-11(8-16(19)21)10-20-7-5-13(17(22)23)14-9-12(18)2-3-15(14)20/h2-4,6,8-9,13H,5,7,10H2,1H3,(H,22,23). The van der Waals surface area contributed by atoms with Crippen molar-refractivity contribution in [2.75, 3.05) is 11.4 Å². The van der Waals surface area contributed by atoms with Crippen LogP contribution in [0.4, 0.5) is 5.69 Å². The van der Waals surface area contributed by atoms with Crippen LogP contribution in [0.2, 0.25) is 0 Å². The summed E-state index contributed by atoms with van der Waals surface area (Å²) in [5.41, 5.74) is 2.63. The number of hydrogen-bond acceptors (Lipinski definition) is 3. The van der Waals surface area contributed by atoms with E-state index in [-0.39, 0.29) is 5.56 Å². The second-order valence-corrected chi connectivity index (χ2v) is 6.70. The average Bonchev–Trinajstić information content (AvgIpc) is 2.50. The van der Waals surface area contributed by atoms with Crippen molar-refractivity contribution in [3.8, 4) is 0 Å². The van der Waals surface area contributed by atoms with Gasteiger partial charge in [-0.1, -0.05) is 15.9 Å². The van der Waals surface area contributed by atoms with E-state index in [9.17, 15) is 14.7 Å². The summed E-state index contributed by atoms with van der Waals surface area (Å²) in [5, 5.41) is 9.44. The van der Waals surface area contributed by atoms with E-state index in [0.717, 1.165) is 21.3 Å². The van der Waals surface area contributed by atoms with Gasteiger partial charge in [0.15, 0.2) is 0 Å². The maximum Gasteiger partial charge on any atom is 0.311 e. The predicted octanol–water partition coefficient (Wildman–Crippen LogP) is 2.73. The fourth-order valence-corrected chi connectivity index (χ4v) is 3.36. The van der Waals surface area contributed by atoms with Crippen molar-refractivity contribution < 1.29 is 9.90 Å². The Morgan fingerprint density at radius 1 is 1.35 bits per heavy atom. The summed E-state index contributed by atoms with van der Waals surface area (Å²) in [6.07, 6.45) is 2.31. The Morgan fingerprint density at radius 3 is 2.83 bits per heavy atom. The fourth-order valence-electron chi connectivity index (χ4n) is 2.98. The highest BCUT2D eigenvalue weighted by Crippen LogP contribution is 2.37. The van der Waals surface area contributed by atoms with Crippen molar-refractivity contribution in [1.82, 2.24) is 4.57 Å². The first-order valence-corrected chi connectivity index (χ1v) is 8.18. The van der Waals surface area contributed by atoms with E-state index in [4.69, 9.17) is 0 Å². The molecule has 5 nitrogen and oxygen atoms in total. The summed E-state index contributed by atoms with van der Waals surface area (Å²) in [6.45, 7) is 1.25. The zero-order chi connectivity index (χ0) is 16.6. The van der Waals surface area contributed by atoms with Gasteiger partial charge in [-0.2, -0.15) is 0 Å². The molecule has 0 radical (unpaired) electrons. The molecule has 0 spiro atoms. The van der Waals surface area contributed by atoms with Gasteiger partial charge in [-0.05, 0) is 41.8 Å². The van der Waals surface area contributed by atoms with Crippen molar-refractivity contribution in [1.29, 1.82) is 0 Å². The van der Waals surface area contributed by atoms with Crippen LogP contribution in [0.25, 0.3) is 0 Å². The molecule has 1 aromatic carbocycles. The molecule has 0 aliphatic carbocycles. The van der Waals surface area contributed by atoms with E-state index >= 15 is 0 Å². The first kappa shape index (κ1) is 15.8. The number of hydrogen-bond donors (Lipinski definition) is 1. The normalized spacial score (nSPS) is 17.0. The van der Waals surface area contributed by atoms with E-state index in [1.807, 2.05) is 24.3 Å². The van der Waals surface area contributed by atoms with Crippen molar-refractivity contribution in [2.24, 2.45) is 7.05 Å². The molecule has 0 amide bonds. The Labute approximate surface area is 142 Å². The van der Waals surface area contributed by atoms with Crippen LogP contribution < -0.4 is 10.5 Å². The minimum Gasteiger partial charge on any atom is -0.481 e. The molecular weight excluding hydrogens is 360 g/mol. The molecule has 2 heterocycles. The Bertz CT molecular complexity index is 816. The molecule has 1 aliphatic rings. The van der Waals surface area contributed by atoms with Crippen LogP contribution in [0.5, 0.6) is 0 Å². The van der Waals surface area contributed by atoms with Gasteiger partial charge in [0.2, 0.25) is 0 Å². The number of fused-ring (bicyclic) bond motifs is 1. The molecule has 0 saturated heterocycles. The van der Waals surface area contributed by atoms with Crippen molar-refractivity contribution in [2.45, 2.75) is 18.9 Å². The predicted molar refractivity (Wildman–Crippen MR) is 91.9 cm³/mol.